The lowest BCUT2D eigenvalue weighted by Crippen LogP contribution is -2.44. The van der Waals surface area contributed by atoms with Gasteiger partial charge in [0.2, 0.25) is 8.32 Å². The van der Waals surface area contributed by atoms with E-state index in [-0.39, 0.29) is 0 Å². The molecule has 2 nitrogen and oxygen atoms in total. The summed E-state index contributed by atoms with van der Waals surface area (Å²) in [5.74, 6) is 0. The second-order valence-electron chi connectivity index (χ2n) is 6.50. The van der Waals surface area contributed by atoms with E-state index in [1.807, 2.05) is 12.1 Å². The van der Waals surface area contributed by atoms with E-state index in [4.69, 9.17) is 4.43 Å². The molecule has 3 aromatic rings. The second kappa shape index (κ2) is 7.68. The van der Waals surface area contributed by atoms with Gasteiger partial charge in [0.15, 0.2) is 0 Å². The van der Waals surface area contributed by atoms with Crippen molar-refractivity contribution in [3.8, 4) is 0 Å². The first-order valence-corrected chi connectivity index (χ1v) is 11.7. The molecule has 0 aliphatic carbocycles. The van der Waals surface area contributed by atoms with Gasteiger partial charge in [0, 0.05) is 23.7 Å². The lowest BCUT2D eigenvalue weighted by molar-refractivity contribution is 0.339. The monoisotopic (exact) mass is 347 g/mol. The summed E-state index contributed by atoms with van der Waals surface area (Å²) in [6.07, 6.45) is 0. The minimum absolute atomic E-state index is 0.765. The quantitative estimate of drug-likeness (QED) is 0.538. The topological polar surface area (TPSA) is 12.5 Å². The van der Waals surface area contributed by atoms with Crippen molar-refractivity contribution in [2.45, 2.75) is 20.0 Å². The van der Waals surface area contributed by atoms with Crippen molar-refractivity contribution >= 4 is 30.6 Å². The van der Waals surface area contributed by atoms with Gasteiger partial charge in [-0.2, -0.15) is 0 Å². The van der Waals surface area contributed by atoms with Crippen LogP contribution in [0.5, 0.6) is 0 Å². The SMILES string of the molecule is CCO[Si](C)(C)c1ccc(N(c2ccccc2)c2ccccc2)cc1. The van der Waals surface area contributed by atoms with Gasteiger partial charge in [0.1, 0.15) is 0 Å². The summed E-state index contributed by atoms with van der Waals surface area (Å²) in [7, 11) is -1.81. The van der Waals surface area contributed by atoms with Gasteiger partial charge >= 0.3 is 0 Å². The van der Waals surface area contributed by atoms with Crippen LogP contribution in [-0.2, 0) is 4.43 Å². The van der Waals surface area contributed by atoms with Crippen LogP contribution in [0.15, 0.2) is 84.9 Å². The van der Waals surface area contributed by atoms with Gasteiger partial charge in [-0.15, -0.1) is 0 Å². The fourth-order valence-corrected chi connectivity index (χ4v) is 4.92. The lowest BCUT2D eigenvalue weighted by atomic mass is 10.2. The predicted octanol–water partition coefficient (Wildman–Crippen LogP) is 5.61. The van der Waals surface area contributed by atoms with E-state index in [1.165, 1.54) is 5.19 Å². The zero-order chi connectivity index (χ0) is 17.7. The highest BCUT2D eigenvalue weighted by Crippen LogP contribution is 2.33. The van der Waals surface area contributed by atoms with Gasteiger partial charge in [0.05, 0.1) is 0 Å². The third-order valence-corrected chi connectivity index (χ3v) is 7.09. The highest BCUT2D eigenvalue weighted by molar-refractivity contribution is 6.84. The maximum Gasteiger partial charge on any atom is 0.218 e. The molecular formula is C22H25NOSi. The maximum atomic E-state index is 6.01. The maximum absolute atomic E-state index is 6.01. The van der Waals surface area contributed by atoms with E-state index in [9.17, 15) is 0 Å². The fraction of sp³-hybridized carbons (Fsp3) is 0.182. The van der Waals surface area contributed by atoms with Crippen molar-refractivity contribution in [1.29, 1.82) is 0 Å². The molecule has 0 heterocycles. The Morgan fingerprint density at radius 3 is 1.56 bits per heavy atom. The first-order chi connectivity index (χ1) is 12.1. The van der Waals surface area contributed by atoms with Gasteiger partial charge in [-0.25, -0.2) is 0 Å². The van der Waals surface area contributed by atoms with E-state index >= 15 is 0 Å². The van der Waals surface area contributed by atoms with E-state index in [1.54, 1.807) is 0 Å². The molecular weight excluding hydrogens is 322 g/mol. The Balaban J connectivity index is 2.00. The first kappa shape index (κ1) is 17.5. The van der Waals surface area contributed by atoms with Crippen LogP contribution < -0.4 is 10.1 Å². The fourth-order valence-electron chi connectivity index (χ4n) is 3.06. The highest BCUT2D eigenvalue weighted by atomic mass is 28.4. The lowest BCUT2D eigenvalue weighted by Gasteiger charge is -2.27. The van der Waals surface area contributed by atoms with Crippen LogP contribution in [0, 0.1) is 0 Å². The van der Waals surface area contributed by atoms with E-state index in [0.717, 1.165) is 23.7 Å². The van der Waals surface area contributed by atoms with Crippen molar-refractivity contribution in [3.05, 3.63) is 84.9 Å². The average Bonchev–Trinajstić information content (AvgIpc) is 2.64. The van der Waals surface area contributed by atoms with E-state index in [2.05, 4.69) is 97.7 Å². The molecule has 0 N–H and O–H groups in total. The molecule has 0 saturated heterocycles. The zero-order valence-corrected chi connectivity index (χ0v) is 16.1. The van der Waals surface area contributed by atoms with Gasteiger partial charge in [-0.1, -0.05) is 48.5 Å². The van der Waals surface area contributed by atoms with Crippen LogP contribution in [0.25, 0.3) is 0 Å². The Hall–Kier alpha value is -2.36. The summed E-state index contributed by atoms with van der Waals surface area (Å²) >= 11 is 0. The number of para-hydroxylation sites is 2. The van der Waals surface area contributed by atoms with Crippen LogP contribution in [0.2, 0.25) is 13.1 Å². The molecule has 0 spiro atoms. The van der Waals surface area contributed by atoms with Crippen LogP contribution in [0.3, 0.4) is 0 Å². The highest BCUT2D eigenvalue weighted by Gasteiger charge is 2.24. The predicted molar refractivity (Wildman–Crippen MR) is 110 cm³/mol. The molecule has 0 aromatic heterocycles. The molecule has 0 atom stereocenters. The normalized spacial score (nSPS) is 11.3. The molecule has 0 fully saturated rings. The first-order valence-electron chi connectivity index (χ1n) is 8.76. The molecule has 3 heteroatoms. The van der Waals surface area contributed by atoms with Gasteiger partial charge < -0.3 is 9.33 Å². The molecule has 0 saturated carbocycles. The molecule has 0 bridgehead atoms. The smallest absolute Gasteiger partial charge is 0.218 e. The summed E-state index contributed by atoms with van der Waals surface area (Å²) in [5.41, 5.74) is 3.47. The van der Waals surface area contributed by atoms with Crippen molar-refractivity contribution in [1.82, 2.24) is 0 Å². The minimum atomic E-state index is -1.81. The summed E-state index contributed by atoms with van der Waals surface area (Å²) in [5, 5.41) is 1.32. The number of hydrogen-bond acceptors (Lipinski definition) is 2. The summed E-state index contributed by atoms with van der Waals surface area (Å²) < 4.78 is 6.01. The van der Waals surface area contributed by atoms with Crippen molar-refractivity contribution in [2.24, 2.45) is 0 Å². The summed E-state index contributed by atoms with van der Waals surface area (Å²) in [4.78, 5) is 2.28. The number of nitrogens with zero attached hydrogens (tertiary/aromatic N) is 1. The molecule has 0 unspecified atom stereocenters. The molecule has 0 radical (unpaired) electrons. The number of hydrogen-bond donors (Lipinski definition) is 0. The molecule has 3 rings (SSSR count). The molecule has 0 aliphatic heterocycles. The van der Waals surface area contributed by atoms with Gasteiger partial charge in [-0.05, 0) is 61.6 Å². The second-order valence-corrected chi connectivity index (χ2v) is 10.4. The molecule has 128 valence electrons. The summed E-state index contributed by atoms with van der Waals surface area (Å²) in [6.45, 7) is 7.33. The summed E-state index contributed by atoms with van der Waals surface area (Å²) in [6, 6.07) is 29.8. The Labute approximate surface area is 151 Å². The Kier molecular flexibility index (Phi) is 5.36. The third-order valence-electron chi connectivity index (χ3n) is 4.35. The van der Waals surface area contributed by atoms with Gasteiger partial charge in [-0.3, -0.25) is 0 Å². The third kappa shape index (κ3) is 4.01. The zero-order valence-electron chi connectivity index (χ0n) is 15.1. The van der Waals surface area contributed by atoms with Crippen molar-refractivity contribution < 1.29 is 4.43 Å². The minimum Gasteiger partial charge on any atom is -0.413 e. The Bertz CT molecular complexity index is 746. The largest absolute Gasteiger partial charge is 0.413 e. The van der Waals surface area contributed by atoms with Crippen molar-refractivity contribution in [3.63, 3.8) is 0 Å². The molecule has 0 amide bonds. The number of benzene rings is 3. The number of anilines is 3. The van der Waals surface area contributed by atoms with Crippen LogP contribution in [-0.4, -0.2) is 14.9 Å². The molecule has 3 aromatic carbocycles. The Morgan fingerprint density at radius 2 is 1.12 bits per heavy atom. The number of rotatable bonds is 6. The Morgan fingerprint density at radius 1 is 0.680 bits per heavy atom. The van der Waals surface area contributed by atoms with Crippen molar-refractivity contribution in [2.75, 3.05) is 11.5 Å². The molecule has 25 heavy (non-hydrogen) atoms. The van der Waals surface area contributed by atoms with Crippen LogP contribution in [0.4, 0.5) is 17.1 Å². The van der Waals surface area contributed by atoms with Gasteiger partial charge in [0.25, 0.3) is 0 Å². The van der Waals surface area contributed by atoms with Crippen LogP contribution in [0.1, 0.15) is 6.92 Å². The molecule has 0 aliphatic rings. The van der Waals surface area contributed by atoms with E-state index < -0.39 is 8.32 Å². The standard InChI is InChI=1S/C22H25NOSi/c1-4-24-25(2,3)22-17-15-21(16-18-22)23(19-11-7-5-8-12-19)20-13-9-6-10-14-20/h5-18H,4H2,1-3H3. The van der Waals surface area contributed by atoms with Crippen LogP contribution >= 0.6 is 0 Å². The van der Waals surface area contributed by atoms with E-state index in [0.29, 0.717) is 0 Å². The average molecular weight is 348 g/mol.